The van der Waals surface area contributed by atoms with Gasteiger partial charge in [-0.2, -0.15) is 0 Å². The number of aromatic hydroxyl groups is 1. The SMILES string of the molecule is O=S(=O)(NCC1CC1)c1ccc(NC2N=C(N3CCCc4cc(O)ccc43)C=CN2)cc1. The number of nitrogens with one attached hydrogen (secondary N) is 3. The van der Waals surface area contributed by atoms with Gasteiger partial charge in [-0.25, -0.2) is 18.1 Å². The Morgan fingerprint density at radius 2 is 1.97 bits per heavy atom. The zero-order valence-electron chi connectivity index (χ0n) is 17.7. The summed E-state index contributed by atoms with van der Waals surface area (Å²) in [5, 5.41) is 16.3. The van der Waals surface area contributed by atoms with Gasteiger partial charge in [0.2, 0.25) is 10.0 Å². The zero-order chi connectivity index (χ0) is 22.1. The predicted molar refractivity (Wildman–Crippen MR) is 125 cm³/mol. The molecule has 0 radical (unpaired) electrons. The molecule has 0 spiro atoms. The molecule has 2 aliphatic heterocycles. The summed E-state index contributed by atoms with van der Waals surface area (Å²) < 4.78 is 27.5. The lowest BCUT2D eigenvalue weighted by molar-refractivity contribution is 0.474. The maximum absolute atomic E-state index is 12.4. The summed E-state index contributed by atoms with van der Waals surface area (Å²) in [5.41, 5.74) is 2.94. The number of hydrogen-bond acceptors (Lipinski definition) is 7. The smallest absolute Gasteiger partial charge is 0.240 e. The van der Waals surface area contributed by atoms with Gasteiger partial charge < -0.3 is 20.6 Å². The Kier molecular flexibility index (Phi) is 5.52. The molecule has 2 heterocycles. The first kappa shape index (κ1) is 20.8. The first-order chi connectivity index (χ1) is 15.5. The molecule has 0 saturated heterocycles. The van der Waals surface area contributed by atoms with E-state index in [9.17, 15) is 13.5 Å². The van der Waals surface area contributed by atoms with Gasteiger partial charge in [0.1, 0.15) is 11.6 Å². The summed E-state index contributed by atoms with van der Waals surface area (Å²) in [5.74, 6) is 1.60. The number of aliphatic imine (C=N–C) groups is 1. The fourth-order valence-corrected chi connectivity index (χ4v) is 5.12. The minimum Gasteiger partial charge on any atom is -0.508 e. The second kappa shape index (κ2) is 8.48. The van der Waals surface area contributed by atoms with Crippen molar-refractivity contribution < 1.29 is 13.5 Å². The van der Waals surface area contributed by atoms with Gasteiger partial charge >= 0.3 is 0 Å². The molecule has 0 bridgehead atoms. The lowest BCUT2D eigenvalue weighted by Crippen LogP contribution is -2.41. The van der Waals surface area contributed by atoms with Gasteiger partial charge in [0, 0.05) is 30.7 Å². The number of rotatable bonds is 6. The average molecular weight is 454 g/mol. The molecule has 1 unspecified atom stereocenters. The highest BCUT2D eigenvalue weighted by Gasteiger charge is 2.25. The Morgan fingerprint density at radius 3 is 2.75 bits per heavy atom. The van der Waals surface area contributed by atoms with Crippen molar-refractivity contribution in [2.45, 2.75) is 36.9 Å². The lowest BCUT2D eigenvalue weighted by atomic mass is 10.0. The Bertz CT molecular complexity index is 1160. The normalized spacial score (nSPS) is 20.3. The number of anilines is 2. The molecule has 4 N–H and O–H groups in total. The van der Waals surface area contributed by atoms with E-state index in [1.165, 1.54) is 0 Å². The number of phenols is 1. The number of fused-ring (bicyclic) bond motifs is 1. The van der Waals surface area contributed by atoms with Crippen molar-refractivity contribution in [2.75, 3.05) is 23.3 Å². The molecule has 1 saturated carbocycles. The molecule has 32 heavy (non-hydrogen) atoms. The zero-order valence-corrected chi connectivity index (χ0v) is 18.5. The number of sulfonamides is 1. The third-order valence-corrected chi connectivity index (χ3v) is 7.37. The van der Waals surface area contributed by atoms with Crippen LogP contribution in [0.3, 0.4) is 0 Å². The van der Waals surface area contributed by atoms with E-state index in [1.807, 2.05) is 24.4 Å². The van der Waals surface area contributed by atoms with Gasteiger partial charge in [-0.15, -0.1) is 0 Å². The van der Waals surface area contributed by atoms with E-state index in [0.29, 0.717) is 12.5 Å². The summed E-state index contributed by atoms with van der Waals surface area (Å²) in [6.45, 7) is 1.37. The number of phenolic OH excluding ortho intramolecular Hbond substituents is 1. The van der Waals surface area contributed by atoms with E-state index in [-0.39, 0.29) is 16.9 Å². The molecule has 1 aliphatic carbocycles. The summed E-state index contributed by atoms with van der Waals surface area (Å²) in [7, 11) is -3.48. The van der Waals surface area contributed by atoms with Crippen molar-refractivity contribution in [3.63, 3.8) is 0 Å². The van der Waals surface area contributed by atoms with Crippen LogP contribution in [0, 0.1) is 5.92 Å². The molecule has 2 aromatic rings. The van der Waals surface area contributed by atoms with Crippen molar-refractivity contribution >= 4 is 27.2 Å². The molecular formula is C23H27N5O3S. The van der Waals surface area contributed by atoms with Crippen LogP contribution >= 0.6 is 0 Å². The van der Waals surface area contributed by atoms with Crippen LogP contribution in [0.1, 0.15) is 24.8 Å². The summed E-state index contributed by atoms with van der Waals surface area (Å²) in [4.78, 5) is 7.21. The van der Waals surface area contributed by atoms with E-state index in [2.05, 4.69) is 20.3 Å². The van der Waals surface area contributed by atoms with Crippen molar-refractivity contribution in [3.05, 3.63) is 60.3 Å². The third-order valence-electron chi connectivity index (χ3n) is 5.93. The van der Waals surface area contributed by atoms with Crippen LogP contribution in [-0.2, 0) is 16.4 Å². The highest BCUT2D eigenvalue weighted by Crippen LogP contribution is 2.31. The van der Waals surface area contributed by atoms with E-state index in [0.717, 1.165) is 55.0 Å². The Hall–Kier alpha value is -3.04. The first-order valence-corrected chi connectivity index (χ1v) is 12.4. The van der Waals surface area contributed by atoms with Crippen LogP contribution in [-0.4, -0.2) is 38.7 Å². The second-order valence-electron chi connectivity index (χ2n) is 8.42. The highest BCUT2D eigenvalue weighted by molar-refractivity contribution is 7.89. The fourth-order valence-electron chi connectivity index (χ4n) is 4.00. The van der Waals surface area contributed by atoms with Crippen LogP contribution < -0.4 is 20.3 Å². The molecule has 2 aromatic carbocycles. The number of benzene rings is 2. The van der Waals surface area contributed by atoms with E-state index in [4.69, 9.17) is 4.99 Å². The maximum Gasteiger partial charge on any atom is 0.240 e. The summed E-state index contributed by atoms with van der Waals surface area (Å²) >= 11 is 0. The third kappa shape index (κ3) is 4.58. The van der Waals surface area contributed by atoms with Crippen LogP contribution in [0.25, 0.3) is 0 Å². The van der Waals surface area contributed by atoms with Gasteiger partial charge in [-0.3, -0.25) is 0 Å². The van der Waals surface area contributed by atoms with Crippen LogP contribution in [0.5, 0.6) is 5.75 Å². The number of nitrogens with zero attached hydrogens (tertiary/aromatic N) is 2. The van der Waals surface area contributed by atoms with Crippen molar-refractivity contribution in [1.82, 2.24) is 10.0 Å². The fraction of sp³-hybridized carbons (Fsp3) is 0.348. The van der Waals surface area contributed by atoms with E-state index >= 15 is 0 Å². The molecule has 168 valence electrons. The first-order valence-electron chi connectivity index (χ1n) is 10.9. The monoisotopic (exact) mass is 453 g/mol. The number of hydrogen-bond donors (Lipinski definition) is 4. The van der Waals surface area contributed by atoms with Gasteiger partial charge in [-0.05, 0) is 85.7 Å². The van der Waals surface area contributed by atoms with E-state index in [1.54, 1.807) is 30.3 Å². The maximum atomic E-state index is 12.4. The largest absolute Gasteiger partial charge is 0.508 e. The standard InChI is InChI=1S/C23H27N5O3S/c29-19-7-10-21-17(14-19)2-1-13-28(21)22-11-12-24-23(27-22)26-18-5-8-20(9-6-18)32(30,31)25-15-16-3-4-16/h5-12,14,16,23-26,29H,1-4,13,15H2. The molecule has 5 rings (SSSR count). The molecule has 0 amide bonds. The summed E-state index contributed by atoms with van der Waals surface area (Å²) in [6, 6.07) is 12.2. The molecular weight excluding hydrogens is 426 g/mol. The minimum atomic E-state index is -3.48. The van der Waals surface area contributed by atoms with Crippen LogP contribution in [0.2, 0.25) is 0 Å². The number of amidine groups is 1. The van der Waals surface area contributed by atoms with Crippen molar-refractivity contribution in [3.8, 4) is 5.75 Å². The second-order valence-corrected chi connectivity index (χ2v) is 10.2. The van der Waals surface area contributed by atoms with Crippen LogP contribution in [0.15, 0.2) is 64.6 Å². The van der Waals surface area contributed by atoms with Gasteiger partial charge in [0.05, 0.1) is 4.90 Å². The topological polar surface area (TPSA) is 106 Å². The van der Waals surface area contributed by atoms with Crippen molar-refractivity contribution in [1.29, 1.82) is 0 Å². The predicted octanol–water partition coefficient (Wildman–Crippen LogP) is 2.74. The summed E-state index contributed by atoms with van der Waals surface area (Å²) in [6.07, 6.45) is 7.52. The molecule has 1 atom stereocenters. The van der Waals surface area contributed by atoms with Crippen molar-refractivity contribution in [2.24, 2.45) is 10.9 Å². The van der Waals surface area contributed by atoms with Gasteiger partial charge in [-0.1, -0.05) is 0 Å². The Balaban J connectivity index is 1.28. The number of aryl methyl sites for hydroxylation is 1. The lowest BCUT2D eigenvalue weighted by Gasteiger charge is -2.33. The molecule has 0 aromatic heterocycles. The van der Waals surface area contributed by atoms with Gasteiger partial charge in [0.25, 0.3) is 0 Å². The Labute approximate surface area is 188 Å². The Morgan fingerprint density at radius 1 is 1.16 bits per heavy atom. The quantitative estimate of drug-likeness (QED) is 0.536. The van der Waals surface area contributed by atoms with E-state index < -0.39 is 10.0 Å². The highest BCUT2D eigenvalue weighted by atomic mass is 32.2. The molecule has 1 fully saturated rings. The average Bonchev–Trinajstić information content (AvgIpc) is 3.62. The molecule has 9 heteroatoms. The minimum absolute atomic E-state index is 0.262. The molecule has 8 nitrogen and oxygen atoms in total. The van der Waals surface area contributed by atoms with Crippen LogP contribution in [0.4, 0.5) is 11.4 Å². The van der Waals surface area contributed by atoms with Gasteiger partial charge in [0.15, 0.2) is 6.29 Å². The molecule has 3 aliphatic rings.